The molecule has 56 heavy (non-hydrogen) atoms. The number of allylic oxidation sites excluding steroid dienone is 1. The number of aliphatic hydroxyl groups is 4. The molecule has 328 valence electrons. The minimum absolute atomic E-state index is 0.213. The zero-order chi connectivity index (χ0) is 40.9. The van der Waals surface area contributed by atoms with Gasteiger partial charge in [0.2, 0.25) is 0 Å². The van der Waals surface area contributed by atoms with E-state index in [1.807, 2.05) is 0 Å². The maximum atomic E-state index is 12.8. The number of rotatable bonds is 38. The molecule has 1 fully saturated rings. The SMILES string of the molecule is CCCCCCCC=C=CCCCCCCCC(=O)O[C@@H](COC(=O)CCCCCCCCCCCCCCCCCC)CO[C@H]1O[C@@H](CO)[C@@H](O)C(O)C1O. The van der Waals surface area contributed by atoms with Crippen LogP contribution in [-0.2, 0) is 28.5 Å². The molecule has 0 aromatic rings. The topological polar surface area (TPSA) is 152 Å². The maximum absolute atomic E-state index is 12.8. The van der Waals surface area contributed by atoms with Crippen molar-refractivity contribution < 1.29 is 49.0 Å². The summed E-state index contributed by atoms with van der Waals surface area (Å²) in [6.07, 6.45) is 29.9. The van der Waals surface area contributed by atoms with E-state index >= 15 is 0 Å². The van der Waals surface area contributed by atoms with Crippen LogP contribution in [0, 0.1) is 0 Å². The van der Waals surface area contributed by atoms with Crippen LogP contribution in [0.25, 0.3) is 0 Å². The van der Waals surface area contributed by atoms with Crippen molar-refractivity contribution in [2.75, 3.05) is 19.8 Å². The Morgan fingerprint density at radius 2 is 1.00 bits per heavy atom. The second-order valence-corrected chi connectivity index (χ2v) is 16.0. The van der Waals surface area contributed by atoms with Gasteiger partial charge in [-0.25, -0.2) is 0 Å². The van der Waals surface area contributed by atoms with Crippen LogP contribution >= 0.6 is 0 Å². The lowest BCUT2D eigenvalue weighted by molar-refractivity contribution is -0.305. The van der Waals surface area contributed by atoms with Crippen molar-refractivity contribution in [3.63, 3.8) is 0 Å². The average molecular weight is 797 g/mol. The Morgan fingerprint density at radius 3 is 1.46 bits per heavy atom. The molecular weight excluding hydrogens is 712 g/mol. The van der Waals surface area contributed by atoms with Gasteiger partial charge < -0.3 is 39.4 Å². The molecule has 0 aliphatic carbocycles. The molecule has 1 rings (SSSR count). The van der Waals surface area contributed by atoms with E-state index < -0.39 is 49.4 Å². The summed E-state index contributed by atoms with van der Waals surface area (Å²) in [5, 5.41) is 40.1. The molecule has 6 atom stereocenters. The number of unbranched alkanes of at least 4 members (excludes halogenated alkanes) is 25. The number of carbonyl (C=O) groups excluding carboxylic acids is 2. The van der Waals surface area contributed by atoms with Gasteiger partial charge in [-0.2, -0.15) is 0 Å². The predicted octanol–water partition coefficient (Wildman–Crippen LogP) is 9.71. The van der Waals surface area contributed by atoms with E-state index in [2.05, 4.69) is 31.7 Å². The van der Waals surface area contributed by atoms with Crippen molar-refractivity contribution in [1.29, 1.82) is 0 Å². The second-order valence-electron chi connectivity index (χ2n) is 16.0. The van der Waals surface area contributed by atoms with Crippen LogP contribution in [0.4, 0.5) is 0 Å². The molecule has 0 aromatic heterocycles. The minimum atomic E-state index is -1.60. The van der Waals surface area contributed by atoms with Gasteiger partial charge in [-0.05, 0) is 50.7 Å². The van der Waals surface area contributed by atoms with E-state index in [4.69, 9.17) is 18.9 Å². The van der Waals surface area contributed by atoms with Crippen LogP contribution in [0.15, 0.2) is 17.9 Å². The molecular formula is C46H84O10. The Balaban J connectivity index is 2.33. The molecule has 0 spiro atoms. The second kappa shape index (κ2) is 37.5. The summed E-state index contributed by atoms with van der Waals surface area (Å²) in [6.45, 7) is 3.40. The summed E-state index contributed by atoms with van der Waals surface area (Å²) in [5.74, 6) is -0.819. The first-order valence-electron chi connectivity index (χ1n) is 23.0. The van der Waals surface area contributed by atoms with E-state index in [9.17, 15) is 30.0 Å². The van der Waals surface area contributed by atoms with Crippen LogP contribution in [0.2, 0.25) is 0 Å². The third-order valence-electron chi connectivity index (χ3n) is 10.7. The van der Waals surface area contributed by atoms with E-state index in [-0.39, 0.29) is 32.0 Å². The van der Waals surface area contributed by atoms with Crippen molar-refractivity contribution >= 4 is 11.9 Å². The molecule has 0 saturated carbocycles. The van der Waals surface area contributed by atoms with E-state index in [0.29, 0.717) is 6.42 Å². The highest BCUT2D eigenvalue weighted by molar-refractivity contribution is 5.70. The highest BCUT2D eigenvalue weighted by atomic mass is 16.7. The molecule has 0 radical (unpaired) electrons. The summed E-state index contributed by atoms with van der Waals surface area (Å²) in [4.78, 5) is 25.3. The van der Waals surface area contributed by atoms with Crippen molar-refractivity contribution in [2.45, 2.75) is 243 Å². The molecule has 1 saturated heterocycles. The standard InChI is InChI=1S/C46H84O10/c1-3-5-7-9-11-13-15-17-19-21-22-24-26-28-30-32-34-41(48)53-37-39(38-54-46-45(52)44(51)43(50)40(36-47)56-46)55-42(49)35-33-31-29-27-25-23-20-18-16-14-12-10-8-6-4-2/h16,20,39-40,43-47,50-52H,3-15,17,19,21-38H2,1-2H3/t18?,39-,40-,43+,44?,45?,46-/m0/s1. The minimum Gasteiger partial charge on any atom is -0.462 e. The molecule has 10 nitrogen and oxygen atoms in total. The molecule has 10 heteroatoms. The highest BCUT2D eigenvalue weighted by Gasteiger charge is 2.44. The van der Waals surface area contributed by atoms with E-state index in [1.165, 1.54) is 116 Å². The van der Waals surface area contributed by atoms with Gasteiger partial charge in [0.25, 0.3) is 0 Å². The Morgan fingerprint density at radius 1 is 0.571 bits per heavy atom. The Kier molecular flexibility index (Phi) is 35.0. The van der Waals surface area contributed by atoms with Gasteiger partial charge in [-0.1, -0.05) is 155 Å². The van der Waals surface area contributed by atoms with Gasteiger partial charge >= 0.3 is 11.9 Å². The summed E-state index contributed by atoms with van der Waals surface area (Å²) in [5.41, 5.74) is 3.29. The first-order valence-corrected chi connectivity index (χ1v) is 23.0. The Bertz CT molecular complexity index is 981. The molecule has 1 aliphatic rings. The van der Waals surface area contributed by atoms with Crippen molar-refractivity contribution in [2.24, 2.45) is 0 Å². The van der Waals surface area contributed by atoms with Crippen LogP contribution in [0.5, 0.6) is 0 Å². The van der Waals surface area contributed by atoms with Crippen LogP contribution in [0.3, 0.4) is 0 Å². The lowest BCUT2D eigenvalue weighted by Gasteiger charge is -2.39. The molecule has 1 aliphatic heterocycles. The third-order valence-corrected chi connectivity index (χ3v) is 10.7. The fourth-order valence-electron chi connectivity index (χ4n) is 6.99. The highest BCUT2D eigenvalue weighted by Crippen LogP contribution is 2.23. The average Bonchev–Trinajstić information content (AvgIpc) is 3.19. The normalized spacial score (nSPS) is 20.0. The predicted molar refractivity (Wildman–Crippen MR) is 223 cm³/mol. The Labute approximate surface area is 341 Å². The van der Waals surface area contributed by atoms with Crippen molar-refractivity contribution in [1.82, 2.24) is 0 Å². The quantitative estimate of drug-likeness (QED) is 0.0270. The zero-order valence-electron chi connectivity index (χ0n) is 35.7. The summed E-state index contributed by atoms with van der Waals surface area (Å²) >= 11 is 0. The lowest BCUT2D eigenvalue weighted by Crippen LogP contribution is -2.59. The van der Waals surface area contributed by atoms with Gasteiger partial charge in [0.05, 0.1) is 13.2 Å². The number of aliphatic hydroxyl groups excluding tert-OH is 4. The summed E-state index contributed by atoms with van der Waals surface area (Å²) in [7, 11) is 0. The Hall–Kier alpha value is -1.78. The summed E-state index contributed by atoms with van der Waals surface area (Å²) < 4.78 is 22.2. The van der Waals surface area contributed by atoms with Gasteiger partial charge in [0.1, 0.15) is 31.0 Å². The van der Waals surface area contributed by atoms with Crippen molar-refractivity contribution in [3.05, 3.63) is 17.9 Å². The number of hydrogen-bond donors (Lipinski definition) is 4. The molecule has 1 heterocycles. The largest absolute Gasteiger partial charge is 0.462 e. The van der Waals surface area contributed by atoms with Crippen LogP contribution < -0.4 is 0 Å². The fourth-order valence-corrected chi connectivity index (χ4v) is 6.99. The maximum Gasteiger partial charge on any atom is 0.306 e. The van der Waals surface area contributed by atoms with Crippen molar-refractivity contribution in [3.8, 4) is 0 Å². The third kappa shape index (κ3) is 28.6. The van der Waals surface area contributed by atoms with E-state index in [0.717, 1.165) is 57.8 Å². The van der Waals surface area contributed by atoms with Gasteiger partial charge in [0.15, 0.2) is 12.4 Å². The van der Waals surface area contributed by atoms with Gasteiger partial charge in [0, 0.05) is 12.8 Å². The molecule has 0 bridgehead atoms. The number of ether oxygens (including phenoxy) is 4. The van der Waals surface area contributed by atoms with Crippen LogP contribution in [-0.4, -0.2) is 89.0 Å². The molecule has 0 aromatic carbocycles. The monoisotopic (exact) mass is 797 g/mol. The molecule has 2 unspecified atom stereocenters. The van der Waals surface area contributed by atoms with Crippen LogP contribution in [0.1, 0.15) is 206 Å². The first kappa shape index (κ1) is 52.2. The fraction of sp³-hybridized carbons (Fsp3) is 0.891. The first-order chi connectivity index (χ1) is 27.3. The zero-order valence-corrected chi connectivity index (χ0v) is 35.7. The number of hydrogen-bond acceptors (Lipinski definition) is 10. The van der Waals surface area contributed by atoms with Gasteiger partial charge in [-0.3, -0.25) is 9.59 Å². The van der Waals surface area contributed by atoms with E-state index in [1.54, 1.807) is 0 Å². The lowest BCUT2D eigenvalue weighted by atomic mass is 9.99. The number of esters is 2. The van der Waals surface area contributed by atoms with Gasteiger partial charge in [-0.15, -0.1) is 5.73 Å². The molecule has 0 amide bonds. The number of carbonyl (C=O) groups is 2. The summed E-state index contributed by atoms with van der Waals surface area (Å²) in [6, 6.07) is 0. The smallest absolute Gasteiger partial charge is 0.306 e. The molecule has 4 N–H and O–H groups in total.